The largest absolute Gasteiger partial charge is 0.469 e. The lowest BCUT2D eigenvalue weighted by molar-refractivity contribution is -0.139. The molecular weight excluding hydrogens is 266 g/mol. The van der Waals surface area contributed by atoms with Crippen LogP contribution in [0.15, 0.2) is 29.2 Å². The van der Waals surface area contributed by atoms with Gasteiger partial charge in [-0.1, -0.05) is 18.1 Å². The first-order valence-corrected chi connectivity index (χ1v) is 7.03. The van der Waals surface area contributed by atoms with Crippen molar-refractivity contribution in [2.24, 2.45) is 0 Å². The third kappa shape index (κ3) is 4.73. The fourth-order valence-corrected chi connectivity index (χ4v) is 2.25. The summed E-state index contributed by atoms with van der Waals surface area (Å²) < 4.78 is 30.5. The Morgan fingerprint density at radius 2 is 1.95 bits per heavy atom. The Balaban J connectivity index is 2.79. The molecule has 0 aliphatic rings. The summed E-state index contributed by atoms with van der Waals surface area (Å²) in [5.41, 5.74) is 0.694. The van der Waals surface area contributed by atoms with Crippen LogP contribution in [0.25, 0.3) is 0 Å². The Morgan fingerprint density at radius 1 is 1.32 bits per heavy atom. The van der Waals surface area contributed by atoms with Crippen molar-refractivity contribution in [2.75, 3.05) is 13.7 Å². The van der Waals surface area contributed by atoms with Gasteiger partial charge in [-0.3, -0.25) is 4.79 Å². The van der Waals surface area contributed by atoms with Gasteiger partial charge in [0.25, 0.3) is 0 Å². The Labute approximate surface area is 113 Å². The summed E-state index contributed by atoms with van der Waals surface area (Å²) in [7, 11) is -2.25. The molecule has 1 N–H and O–H groups in total. The second-order valence-electron chi connectivity index (χ2n) is 3.65. The molecular formula is C13H15NO4S. The van der Waals surface area contributed by atoms with Crippen LogP contribution in [0.2, 0.25) is 0 Å². The van der Waals surface area contributed by atoms with Gasteiger partial charge in [0.05, 0.1) is 25.0 Å². The molecule has 1 rings (SSSR count). The van der Waals surface area contributed by atoms with Crippen LogP contribution in [0, 0.1) is 11.8 Å². The quantitative estimate of drug-likeness (QED) is 0.637. The van der Waals surface area contributed by atoms with Crippen molar-refractivity contribution in [2.45, 2.75) is 18.2 Å². The number of hydrogen-bond acceptors (Lipinski definition) is 4. The van der Waals surface area contributed by atoms with E-state index in [0.29, 0.717) is 5.56 Å². The number of ether oxygens (including phenoxy) is 1. The molecule has 0 heterocycles. The molecule has 6 heteroatoms. The van der Waals surface area contributed by atoms with Crippen LogP contribution >= 0.6 is 0 Å². The molecule has 0 saturated carbocycles. The average Bonchev–Trinajstić information content (AvgIpc) is 2.39. The molecule has 0 aliphatic carbocycles. The smallest absolute Gasteiger partial charge is 0.309 e. The van der Waals surface area contributed by atoms with Gasteiger partial charge in [0.1, 0.15) is 0 Å². The van der Waals surface area contributed by atoms with Crippen molar-refractivity contribution in [3.8, 4) is 11.8 Å². The predicted octanol–water partition coefficient (Wildman–Crippen LogP) is 0.704. The minimum atomic E-state index is -3.55. The molecule has 0 aliphatic heterocycles. The van der Waals surface area contributed by atoms with E-state index in [-0.39, 0.29) is 23.8 Å². The molecule has 1 aromatic carbocycles. The first-order valence-electron chi connectivity index (χ1n) is 5.54. The molecule has 0 atom stereocenters. The van der Waals surface area contributed by atoms with Gasteiger partial charge in [0.15, 0.2) is 0 Å². The van der Waals surface area contributed by atoms with Crippen molar-refractivity contribution in [3.05, 3.63) is 29.8 Å². The maximum atomic E-state index is 11.8. The molecule has 0 fully saturated rings. The van der Waals surface area contributed by atoms with Crippen molar-refractivity contribution >= 4 is 16.0 Å². The summed E-state index contributed by atoms with van der Waals surface area (Å²) in [6, 6.07) is 6.05. The Bertz CT molecular complexity index is 594. The third-order valence-electron chi connectivity index (χ3n) is 2.34. The van der Waals surface area contributed by atoms with Gasteiger partial charge in [0.2, 0.25) is 10.0 Å². The molecule has 5 nitrogen and oxygen atoms in total. The zero-order chi connectivity index (χ0) is 14.3. The Hall–Kier alpha value is -1.84. The number of rotatable bonds is 5. The molecule has 0 saturated heterocycles. The lowest BCUT2D eigenvalue weighted by atomic mass is 10.2. The van der Waals surface area contributed by atoms with Gasteiger partial charge < -0.3 is 4.74 Å². The minimum absolute atomic E-state index is 0.0722. The lowest BCUT2D eigenvalue weighted by Gasteiger charge is -2.05. The zero-order valence-electron chi connectivity index (χ0n) is 10.8. The SMILES string of the molecule is CC#CCNS(=O)(=O)c1ccc(CC(=O)OC)cc1. The van der Waals surface area contributed by atoms with Gasteiger partial charge in [-0.05, 0) is 24.6 Å². The number of sulfonamides is 1. The zero-order valence-corrected chi connectivity index (χ0v) is 11.6. The predicted molar refractivity (Wildman–Crippen MR) is 70.8 cm³/mol. The molecule has 0 spiro atoms. The van der Waals surface area contributed by atoms with E-state index < -0.39 is 10.0 Å². The van der Waals surface area contributed by atoms with E-state index in [1.54, 1.807) is 19.1 Å². The number of benzene rings is 1. The van der Waals surface area contributed by atoms with Crippen molar-refractivity contribution in [1.29, 1.82) is 0 Å². The number of carbonyl (C=O) groups excluding carboxylic acids is 1. The highest BCUT2D eigenvalue weighted by Gasteiger charge is 2.13. The van der Waals surface area contributed by atoms with Gasteiger partial charge in [0, 0.05) is 0 Å². The number of nitrogens with one attached hydrogen (secondary N) is 1. The molecule has 0 radical (unpaired) electrons. The van der Waals surface area contributed by atoms with E-state index in [9.17, 15) is 13.2 Å². The Kier molecular flexibility index (Phi) is 5.55. The second-order valence-corrected chi connectivity index (χ2v) is 5.42. The van der Waals surface area contributed by atoms with Crippen molar-refractivity contribution in [1.82, 2.24) is 4.72 Å². The van der Waals surface area contributed by atoms with Gasteiger partial charge in [-0.25, -0.2) is 8.42 Å². The van der Waals surface area contributed by atoms with E-state index in [4.69, 9.17) is 0 Å². The highest BCUT2D eigenvalue weighted by atomic mass is 32.2. The van der Waals surface area contributed by atoms with Gasteiger partial charge >= 0.3 is 5.97 Å². The second kappa shape index (κ2) is 6.92. The van der Waals surface area contributed by atoms with E-state index >= 15 is 0 Å². The molecule has 0 unspecified atom stereocenters. The number of hydrogen-bond donors (Lipinski definition) is 1. The molecule has 0 bridgehead atoms. The summed E-state index contributed by atoms with van der Waals surface area (Å²) in [5, 5.41) is 0. The fourth-order valence-electron chi connectivity index (χ4n) is 1.33. The maximum Gasteiger partial charge on any atom is 0.309 e. The summed E-state index contributed by atoms with van der Waals surface area (Å²) in [4.78, 5) is 11.2. The van der Waals surface area contributed by atoms with Crippen molar-refractivity contribution < 1.29 is 17.9 Å². The monoisotopic (exact) mass is 281 g/mol. The lowest BCUT2D eigenvalue weighted by Crippen LogP contribution is -2.24. The number of esters is 1. The first kappa shape index (κ1) is 15.2. The first-order chi connectivity index (χ1) is 8.99. The van der Waals surface area contributed by atoms with Crippen LogP contribution in [0.1, 0.15) is 12.5 Å². The highest BCUT2D eigenvalue weighted by Crippen LogP contribution is 2.11. The minimum Gasteiger partial charge on any atom is -0.469 e. The van der Waals surface area contributed by atoms with E-state index in [1.807, 2.05) is 0 Å². The Morgan fingerprint density at radius 3 is 2.47 bits per heavy atom. The van der Waals surface area contributed by atoms with Crippen LogP contribution in [0.4, 0.5) is 0 Å². The molecule has 19 heavy (non-hydrogen) atoms. The average molecular weight is 281 g/mol. The normalized spacial score (nSPS) is 10.4. The highest BCUT2D eigenvalue weighted by molar-refractivity contribution is 7.89. The van der Waals surface area contributed by atoms with Gasteiger partial charge in [-0.2, -0.15) is 4.72 Å². The summed E-state index contributed by atoms with van der Waals surface area (Å²) >= 11 is 0. The fraction of sp³-hybridized carbons (Fsp3) is 0.308. The topological polar surface area (TPSA) is 72.5 Å². The standard InChI is InChI=1S/C13H15NO4S/c1-3-4-9-14-19(16,17)12-7-5-11(6-8-12)10-13(15)18-2/h5-8,14H,9-10H2,1-2H3. The summed E-state index contributed by atoms with van der Waals surface area (Å²) in [6.07, 6.45) is 0.117. The van der Waals surface area contributed by atoms with E-state index in [2.05, 4.69) is 21.3 Å². The number of methoxy groups -OCH3 is 1. The van der Waals surface area contributed by atoms with E-state index in [0.717, 1.165) is 0 Å². The van der Waals surface area contributed by atoms with Crippen LogP contribution in [-0.2, 0) is 26.0 Å². The van der Waals surface area contributed by atoms with E-state index in [1.165, 1.54) is 19.2 Å². The maximum absolute atomic E-state index is 11.8. The van der Waals surface area contributed by atoms with Crippen LogP contribution in [0.5, 0.6) is 0 Å². The summed E-state index contributed by atoms with van der Waals surface area (Å²) in [6.45, 7) is 1.71. The van der Waals surface area contributed by atoms with Crippen LogP contribution < -0.4 is 4.72 Å². The van der Waals surface area contributed by atoms with Crippen LogP contribution in [-0.4, -0.2) is 28.0 Å². The third-order valence-corrected chi connectivity index (χ3v) is 3.75. The number of carbonyl (C=O) groups is 1. The molecule has 0 amide bonds. The molecule has 0 aromatic heterocycles. The van der Waals surface area contributed by atoms with Crippen LogP contribution in [0.3, 0.4) is 0 Å². The van der Waals surface area contributed by atoms with Gasteiger partial charge in [-0.15, -0.1) is 5.92 Å². The molecule has 1 aromatic rings. The van der Waals surface area contributed by atoms with Crippen molar-refractivity contribution in [3.63, 3.8) is 0 Å². The molecule has 102 valence electrons. The summed E-state index contributed by atoms with van der Waals surface area (Å²) in [5.74, 6) is 4.85.